The fraction of sp³-hybridized carbons (Fsp3) is 0.0588. The Morgan fingerprint density at radius 1 is 0.362 bits per heavy atom. The van der Waals surface area contributed by atoms with Crippen molar-refractivity contribution in [2.75, 3.05) is 4.90 Å². The summed E-state index contributed by atoms with van der Waals surface area (Å²) in [6.45, 7) is -7.69. The van der Waals surface area contributed by atoms with E-state index in [1.807, 2.05) is 0 Å². The Labute approximate surface area is 454 Å². The molecule has 0 radical (unpaired) electrons. The van der Waals surface area contributed by atoms with Crippen LogP contribution in [-0.4, -0.2) is 0 Å². The summed E-state index contributed by atoms with van der Waals surface area (Å²) < 4.78 is 339. The van der Waals surface area contributed by atoms with Gasteiger partial charge in [-0.15, -0.1) is 0 Å². The molecule has 0 N–H and O–H groups in total. The third-order valence-corrected chi connectivity index (χ3v) is 12.8. The molecule has 1 heteroatoms. The zero-order chi connectivity index (χ0) is 77.0. The van der Waals surface area contributed by atoms with Crippen molar-refractivity contribution in [3.8, 4) is 66.8 Å². The van der Waals surface area contributed by atoms with Crippen LogP contribution in [0.5, 0.6) is 0 Å². The van der Waals surface area contributed by atoms with Crippen LogP contribution in [0.1, 0.15) is 96.4 Å². The molecular weight excluding hydrogens is 831 g/mol. The first kappa shape index (κ1) is 17.9. The highest BCUT2D eigenvalue weighted by Gasteiger charge is 2.52. The van der Waals surface area contributed by atoms with Crippen LogP contribution in [0.15, 0.2) is 248 Å². The molecule has 14 rings (SSSR count). The maximum absolute atomic E-state index is 10.6. The van der Waals surface area contributed by atoms with E-state index in [4.69, 9.17) is 12.3 Å². The normalized spacial score (nSPS) is 23.0. The number of fused-ring (bicyclic) bond motifs is 14. The van der Waals surface area contributed by atoms with Crippen LogP contribution in [0.25, 0.3) is 77.5 Å². The van der Waals surface area contributed by atoms with E-state index in [0.29, 0.717) is 4.90 Å². The van der Waals surface area contributed by atoms with Crippen molar-refractivity contribution in [3.05, 3.63) is 281 Å². The minimum atomic E-state index is -3.85. The minimum absolute atomic E-state index is 0.173. The van der Waals surface area contributed by atoms with Gasteiger partial charge < -0.3 is 4.90 Å². The van der Waals surface area contributed by atoms with Crippen molar-refractivity contribution >= 4 is 27.8 Å². The molecule has 0 bridgehead atoms. The van der Waals surface area contributed by atoms with E-state index in [9.17, 15) is 37.0 Å². The number of benzene rings is 11. The highest BCUT2D eigenvalue weighted by molar-refractivity contribution is 6.05. The number of hydrogen-bond donors (Lipinski definition) is 0. The predicted molar refractivity (Wildman–Crippen MR) is 289 cm³/mol. The molecule has 1 spiro atoms. The SMILES string of the molecule is [2H]c1cc(-c2c([2H])c([2H])c(-c3c(-c4ccc(N(c5c([2H])cc6c(c5[2H])C(C([2H])([2H])[2H])(C([2H])([2H])[2H])c5c-6ccc([2H])c5[2H])c5c([2H])c([2H])c([2H])c6c5-c5c([2H])c([2H])c([2H])c([2H])c5C65c6cc([2H])c([2H])c([2H])c6-c6c([2H])ccc([2H])c65)c([2H])c4[2H])c([2H])cc4cc([2H])c([2H])c([2H])c34)c([2H])c2[2H])c([2H])c([2H])c1[2H]. The smallest absolute Gasteiger partial charge is 0.0726 e. The van der Waals surface area contributed by atoms with E-state index >= 15 is 0 Å². The molecule has 1 nitrogen and oxygen atoms in total. The molecule has 0 aromatic heterocycles. The quantitative estimate of drug-likeness (QED) is 0.161. The van der Waals surface area contributed by atoms with Crippen LogP contribution in [0.4, 0.5) is 17.1 Å². The summed E-state index contributed by atoms with van der Waals surface area (Å²) >= 11 is 0. The zero-order valence-corrected chi connectivity index (χ0v) is 35.3. The summed E-state index contributed by atoms with van der Waals surface area (Å²) in [5.74, 6) is 0. The van der Waals surface area contributed by atoms with Crippen molar-refractivity contribution in [2.45, 2.75) is 24.5 Å². The van der Waals surface area contributed by atoms with Gasteiger partial charge in [0, 0.05) is 30.6 Å². The number of rotatable bonds is 6. The van der Waals surface area contributed by atoms with Gasteiger partial charge in [0.15, 0.2) is 0 Å². The second-order valence-corrected chi connectivity index (χ2v) is 16.3. The van der Waals surface area contributed by atoms with Gasteiger partial charge in [-0.3, -0.25) is 0 Å². The molecule has 0 fully saturated rings. The van der Waals surface area contributed by atoms with E-state index < -0.39 is 301 Å². The van der Waals surface area contributed by atoms with Crippen molar-refractivity contribution in [1.29, 1.82) is 0 Å². The van der Waals surface area contributed by atoms with E-state index in [-0.39, 0.29) is 33.2 Å². The zero-order valence-electron chi connectivity index (χ0n) is 71.3. The first-order chi connectivity index (χ1) is 48.9. The predicted octanol–water partition coefficient (Wildman–Crippen LogP) is 18.0. The molecule has 0 amide bonds. The van der Waals surface area contributed by atoms with Crippen LogP contribution >= 0.6 is 0 Å². The molecule has 0 aliphatic heterocycles. The van der Waals surface area contributed by atoms with Crippen LogP contribution < -0.4 is 4.90 Å². The maximum atomic E-state index is 10.6. The monoisotopic (exact) mass is 914 g/mol. The van der Waals surface area contributed by atoms with Gasteiger partial charge in [0.1, 0.15) is 0 Å². The number of nitrogens with zero attached hydrogens (tertiary/aromatic N) is 1. The summed E-state index contributed by atoms with van der Waals surface area (Å²) in [6.07, 6.45) is 0. The highest BCUT2D eigenvalue weighted by Crippen LogP contribution is 2.65. The Morgan fingerprint density at radius 2 is 1.10 bits per heavy atom. The molecule has 0 saturated carbocycles. The first-order valence-electron chi connectivity index (χ1n) is 39.3. The highest BCUT2D eigenvalue weighted by atomic mass is 15.1. The van der Waals surface area contributed by atoms with Crippen LogP contribution in [0.3, 0.4) is 0 Å². The summed E-state index contributed by atoms with van der Waals surface area (Å²) in [5, 5.41) is -0.595. The summed E-state index contributed by atoms with van der Waals surface area (Å²) in [4.78, 5) is 0.646. The van der Waals surface area contributed by atoms with Crippen LogP contribution in [-0.2, 0) is 10.8 Å². The van der Waals surface area contributed by atoms with Gasteiger partial charge in [-0.05, 0) is 136 Å². The van der Waals surface area contributed by atoms with Gasteiger partial charge in [-0.25, -0.2) is 0 Å². The fourth-order valence-corrected chi connectivity index (χ4v) is 9.95. The topological polar surface area (TPSA) is 3.24 Å². The molecule has 3 aliphatic carbocycles. The lowest BCUT2D eigenvalue weighted by atomic mass is 9.70. The molecule has 324 valence electrons. The van der Waals surface area contributed by atoms with Crippen molar-refractivity contribution < 1.29 is 49.3 Å². The Hall–Kier alpha value is -8.52. The maximum Gasteiger partial charge on any atom is 0.0726 e. The second-order valence-electron chi connectivity index (χ2n) is 16.3. The molecular formula is C68H47N. The van der Waals surface area contributed by atoms with Crippen molar-refractivity contribution in [2.24, 2.45) is 0 Å². The largest absolute Gasteiger partial charge is 0.310 e. The standard InChI is InChI=1S/C68H47N/c1-67(2)58-25-12-8-21-53(58)56-42-40-50(43-63(56)67)69(64-30-16-29-62-66(64)57-24-11-15-28-61(57)68(62)59-26-13-9-22-54(59)55-23-10-14-27-60(55)68)49-38-35-47(36-39-49)52-41-37-46-19-6-7-20-51(46)65(52)48-33-31-45(32-34-48)44-17-4-3-5-18-44/h3-43H,1-2H3/i1D3,2D3,3D,4D,5D,6D,7D,9D,11D,12D,13D,15D,16D,17D,20D,22D,23D,24D,25D,27D,28D,29D,30D,31D,32D,33D,34D,35D,38D,40D,41D,43D. The lowest BCUT2D eigenvalue weighted by Gasteiger charge is -2.32. The lowest BCUT2D eigenvalue weighted by molar-refractivity contribution is 0.660. The van der Waals surface area contributed by atoms with Crippen molar-refractivity contribution in [3.63, 3.8) is 0 Å². The molecule has 11 aromatic rings. The number of anilines is 3. The van der Waals surface area contributed by atoms with Gasteiger partial charge in [-0.2, -0.15) is 0 Å². The minimum Gasteiger partial charge on any atom is -0.310 e. The van der Waals surface area contributed by atoms with Gasteiger partial charge in [0.05, 0.1) is 52.2 Å². The molecule has 1 unspecified atom stereocenters. The van der Waals surface area contributed by atoms with E-state index in [1.54, 1.807) is 0 Å². The molecule has 0 saturated heterocycles. The Balaban J connectivity index is 1.18. The Bertz CT molecular complexity index is 5870. The average molecular weight is 914 g/mol. The van der Waals surface area contributed by atoms with Crippen LogP contribution in [0, 0.1) is 0 Å². The van der Waals surface area contributed by atoms with Gasteiger partial charge >= 0.3 is 0 Å². The molecule has 0 heterocycles. The third kappa shape index (κ3) is 5.65. The first-order valence-corrected chi connectivity index (χ1v) is 21.3. The summed E-state index contributed by atoms with van der Waals surface area (Å²) in [5.41, 5.74) is -19.2. The fourth-order valence-electron chi connectivity index (χ4n) is 9.95. The van der Waals surface area contributed by atoms with E-state index in [2.05, 4.69) is 0 Å². The van der Waals surface area contributed by atoms with Crippen LogP contribution in [0.2, 0.25) is 0 Å². The molecule has 1 atom stereocenters. The van der Waals surface area contributed by atoms with Crippen molar-refractivity contribution in [1.82, 2.24) is 0 Å². The van der Waals surface area contributed by atoms with Gasteiger partial charge in [0.2, 0.25) is 0 Å². The van der Waals surface area contributed by atoms with Gasteiger partial charge in [0.25, 0.3) is 0 Å². The molecule has 69 heavy (non-hydrogen) atoms. The molecule has 11 aromatic carbocycles. The third-order valence-electron chi connectivity index (χ3n) is 12.8. The summed E-state index contributed by atoms with van der Waals surface area (Å²) in [6, 6.07) is -14.5. The second kappa shape index (κ2) is 15.0. The lowest BCUT2D eigenvalue weighted by Crippen LogP contribution is -2.26. The van der Waals surface area contributed by atoms with E-state index in [0.717, 1.165) is 66.7 Å². The molecule has 3 aliphatic rings. The Kier molecular flexibility index (Phi) is 3.88. The number of hydrogen-bond acceptors (Lipinski definition) is 1. The summed E-state index contributed by atoms with van der Waals surface area (Å²) in [7, 11) is 0. The van der Waals surface area contributed by atoms with Gasteiger partial charge in [-0.1, -0.05) is 231 Å². The van der Waals surface area contributed by atoms with E-state index in [1.165, 1.54) is 0 Å². The Morgan fingerprint density at radius 3 is 2.04 bits per heavy atom. The average Bonchev–Trinajstić information content (AvgIpc) is 1.49.